The summed E-state index contributed by atoms with van der Waals surface area (Å²) in [7, 11) is 0. The van der Waals surface area contributed by atoms with E-state index in [0.717, 1.165) is 16.7 Å². The number of benzene rings is 3. The molecule has 7 heteroatoms. The molecule has 4 rings (SSSR count). The van der Waals surface area contributed by atoms with Crippen LogP contribution in [-0.4, -0.2) is 52.6 Å². The van der Waals surface area contributed by atoms with Gasteiger partial charge in [-0.15, -0.1) is 0 Å². The Hall–Kier alpha value is -4.26. The molecule has 196 valence electrons. The van der Waals surface area contributed by atoms with Crippen LogP contribution < -0.4 is 5.32 Å². The first-order valence-corrected chi connectivity index (χ1v) is 13.0. The highest BCUT2D eigenvalue weighted by Gasteiger charge is 2.35. The number of nitrogens with one attached hydrogen (secondary N) is 1. The van der Waals surface area contributed by atoms with Crippen molar-refractivity contribution in [3.63, 3.8) is 0 Å². The van der Waals surface area contributed by atoms with Gasteiger partial charge in [-0.2, -0.15) is 0 Å². The number of carbonyl (C=O) groups is 4. The van der Waals surface area contributed by atoms with Crippen LogP contribution in [0.2, 0.25) is 0 Å². The van der Waals surface area contributed by atoms with E-state index < -0.39 is 6.04 Å². The Balaban J connectivity index is 1.52. The quantitative estimate of drug-likeness (QED) is 0.392. The molecule has 0 fully saturated rings. The molecular weight excluding hydrogens is 478 g/mol. The highest BCUT2D eigenvalue weighted by Crippen LogP contribution is 2.23. The van der Waals surface area contributed by atoms with Gasteiger partial charge in [-0.3, -0.25) is 24.1 Å². The van der Waals surface area contributed by atoms with E-state index in [2.05, 4.69) is 5.32 Å². The fourth-order valence-electron chi connectivity index (χ4n) is 4.71. The van der Waals surface area contributed by atoms with Crippen LogP contribution in [0, 0.1) is 6.92 Å². The number of fused-ring (bicyclic) bond motifs is 1. The largest absolute Gasteiger partial charge is 0.355 e. The van der Waals surface area contributed by atoms with Crippen molar-refractivity contribution in [2.24, 2.45) is 0 Å². The molecule has 0 radical (unpaired) electrons. The maximum atomic E-state index is 13.7. The lowest BCUT2D eigenvalue weighted by Crippen LogP contribution is -2.50. The molecule has 1 N–H and O–H groups in total. The maximum Gasteiger partial charge on any atom is 0.261 e. The summed E-state index contributed by atoms with van der Waals surface area (Å²) in [6.45, 7) is 4.72. The lowest BCUT2D eigenvalue weighted by molar-refractivity contribution is -0.141. The number of imide groups is 1. The second-order valence-electron chi connectivity index (χ2n) is 9.52. The van der Waals surface area contributed by atoms with Crippen LogP contribution in [0.4, 0.5) is 0 Å². The van der Waals surface area contributed by atoms with Gasteiger partial charge in [-0.1, -0.05) is 72.3 Å². The topological polar surface area (TPSA) is 86.8 Å². The summed E-state index contributed by atoms with van der Waals surface area (Å²) in [6, 6.07) is 23.6. The SMILES string of the molecule is CCNC(=O)[C@H](Cc1ccccc1)N(Cc1ccc(C)cc1)C(=O)CCCN1C(=O)c2ccccc2C1=O. The summed E-state index contributed by atoms with van der Waals surface area (Å²) in [5.74, 6) is -1.08. The summed E-state index contributed by atoms with van der Waals surface area (Å²) in [4.78, 5) is 55.2. The van der Waals surface area contributed by atoms with Gasteiger partial charge < -0.3 is 10.2 Å². The second kappa shape index (κ2) is 12.3. The Bertz CT molecular complexity index is 1270. The predicted molar refractivity (Wildman–Crippen MR) is 145 cm³/mol. The fourth-order valence-corrected chi connectivity index (χ4v) is 4.71. The Morgan fingerprint density at radius 2 is 1.45 bits per heavy atom. The van der Waals surface area contributed by atoms with Crippen LogP contribution in [0.5, 0.6) is 0 Å². The van der Waals surface area contributed by atoms with Gasteiger partial charge in [0.1, 0.15) is 6.04 Å². The minimum Gasteiger partial charge on any atom is -0.355 e. The number of rotatable bonds is 11. The number of nitrogens with zero attached hydrogens (tertiary/aromatic N) is 2. The summed E-state index contributed by atoms with van der Waals surface area (Å²) in [6.07, 6.45) is 0.787. The average Bonchev–Trinajstić information content (AvgIpc) is 3.17. The Labute approximate surface area is 223 Å². The third kappa shape index (κ3) is 6.17. The highest BCUT2D eigenvalue weighted by atomic mass is 16.2. The number of hydrogen-bond donors (Lipinski definition) is 1. The zero-order valence-electron chi connectivity index (χ0n) is 21.9. The van der Waals surface area contributed by atoms with Gasteiger partial charge >= 0.3 is 0 Å². The van der Waals surface area contributed by atoms with Crippen molar-refractivity contribution < 1.29 is 19.2 Å². The van der Waals surface area contributed by atoms with E-state index in [1.807, 2.05) is 68.4 Å². The highest BCUT2D eigenvalue weighted by molar-refractivity contribution is 6.21. The normalized spacial score (nSPS) is 13.3. The molecule has 1 heterocycles. The van der Waals surface area contributed by atoms with Crippen LogP contribution in [0.25, 0.3) is 0 Å². The third-order valence-electron chi connectivity index (χ3n) is 6.75. The number of carbonyl (C=O) groups excluding carboxylic acids is 4. The van der Waals surface area contributed by atoms with Crippen LogP contribution in [0.15, 0.2) is 78.9 Å². The van der Waals surface area contributed by atoms with E-state index in [4.69, 9.17) is 0 Å². The molecule has 0 saturated carbocycles. The van der Waals surface area contributed by atoms with E-state index in [1.165, 1.54) is 4.90 Å². The molecule has 38 heavy (non-hydrogen) atoms. The lowest BCUT2D eigenvalue weighted by Gasteiger charge is -2.31. The standard InChI is InChI=1S/C31H33N3O4/c1-3-32-29(36)27(20-23-10-5-4-6-11-23)34(21-24-17-15-22(2)16-18-24)28(35)14-9-19-33-30(37)25-12-7-8-13-26(25)31(33)38/h4-8,10-13,15-18,27H,3,9,14,19-21H2,1-2H3,(H,32,36)/t27-/m0/s1. The van der Waals surface area contributed by atoms with Gasteiger partial charge in [0.2, 0.25) is 11.8 Å². The zero-order chi connectivity index (χ0) is 27.1. The molecule has 0 unspecified atom stereocenters. The molecule has 0 aliphatic carbocycles. The van der Waals surface area contributed by atoms with Gasteiger partial charge in [0.25, 0.3) is 11.8 Å². The Kier molecular flexibility index (Phi) is 8.69. The van der Waals surface area contributed by atoms with Crippen molar-refractivity contribution >= 4 is 23.6 Å². The summed E-state index contributed by atoms with van der Waals surface area (Å²) in [5.41, 5.74) is 3.77. The van der Waals surface area contributed by atoms with Crippen LogP contribution in [0.1, 0.15) is 57.2 Å². The minimum atomic E-state index is -0.703. The Morgan fingerprint density at radius 3 is 2.05 bits per heavy atom. The van der Waals surface area contributed by atoms with Gasteiger partial charge in [0, 0.05) is 32.5 Å². The minimum absolute atomic E-state index is 0.101. The summed E-state index contributed by atoms with van der Waals surface area (Å²) >= 11 is 0. The molecule has 0 saturated heterocycles. The Morgan fingerprint density at radius 1 is 0.842 bits per heavy atom. The van der Waals surface area contributed by atoms with Crippen molar-refractivity contribution in [2.45, 2.75) is 45.7 Å². The fraction of sp³-hybridized carbons (Fsp3) is 0.290. The number of amides is 4. The number of likely N-dealkylation sites (N-methyl/N-ethyl adjacent to an activating group) is 1. The van der Waals surface area contributed by atoms with Crippen molar-refractivity contribution in [2.75, 3.05) is 13.1 Å². The van der Waals surface area contributed by atoms with Gasteiger partial charge in [0.15, 0.2) is 0 Å². The van der Waals surface area contributed by atoms with Crippen LogP contribution >= 0.6 is 0 Å². The van der Waals surface area contributed by atoms with Gasteiger partial charge in [0.05, 0.1) is 11.1 Å². The molecule has 0 bridgehead atoms. The van der Waals surface area contributed by atoms with Crippen molar-refractivity contribution in [3.05, 3.63) is 107 Å². The van der Waals surface area contributed by atoms with E-state index in [0.29, 0.717) is 30.5 Å². The maximum absolute atomic E-state index is 13.7. The first kappa shape index (κ1) is 26.8. The van der Waals surface area contributed by atoms with Gasteiger partial charge in [-0.25, -0.2) is 0 Å². The molecule has 0 aromatic heterocycles. The number of aryl methyl sites for hydroxylation is 1. The molecular formula is C31H33N3O4. The molecule has 3 aromatic carbocycles. The van der Waals surface area contributed by atoms with Crippen LogP contribution in [-0.2, 0) is 22.6 Å². The molecule has 1 atom stereocenters. The summed E-state index contributed by atoms with van der Waals surface area (Å²) < 4.78 is 0. The molecule has 0 spiro atoms. The zero-order valence-corrected chi connectivity index (χ0v) is 21.9. The third-order valence-corrected chi connectivity index (χ3v) is 6.75. The molecule has 7 nitrogen and oxygen atoms in total. The van der Waals surface area contributed by atoms with E-state index >= 15 is 0 Å². The predicted octanol–water partition coefficient (Wildman–Crippen LogP) is 4.15. The van der Waals surface area contributed by atoms with E-state index in [-0.39, 0.29) is 43.1 Å². The molecule has 3 aromatic rings. The summed E-state index contributed by atoms with van der Waals surface area (Å²) in [5, 5.41) is 2.89. The smallest absolute Gasteiger partial charge is 0.261 e. The van der Waals surface area contributed by atoms with Crippen molar-refractivity contribution in [3.8, 4) is 0 Å². The monoisotopic (exact) mass is 511 g/mol. The van der Waals surface area contributed by atoms with Crippen molar-refractivity contribution in [1.29, 1.82) is 0 Å². The molecule has 4 amide bonds. The lowest BCUT2D eigenvalue weighted by atomic mass is 10.0. The van der Waals surface area contributed by atoms with E-state index in [1.54, 1.807) is 29.2 Å². The first-order chi connectivity index (χ1) is 18.4. The van der Waals surface area contributed by atoms with Crippen molar-refractivity contribution in [1.82, 2.24) is 15.1 Å². The van der Waals surface area contributed by atoms with E-state index in [9.17, 15) is 19.2 Å². The second-order valence-corrected chi connectivity index (χ2v) is 9.52. The number of hydrogen-bond acceptors (Lipinski definition) is 4. The van der Waals surface area contributed by atoms with Crippen LogP contribution in [0.3, 0.4) is 0 Å². The molecule has 1 aliphatic heterocycles. The van der Waals surface area contributed by atoms with Gasteiger partial charge in [-0.05, 0) is 43.5 Å². The molecule has 1 aliphatic rings. The average molecular weight is 512 g/mol. The first-order valence-electron chi connectivity index (χ1n) is 13.0.